The molecule has 0 spiro atoms. The summed E-state index contributed by atoms with van der Waals surface area (Å²) in [4.78, 5) is 0. The van der Waals surface area contributed by atoms with Crippen molar-refractivity contribution in [2.45, 2.75) is 38.0 Å². The number of rotatable bonds is 7. The van der Waals surface area contributed by atoms with Crippen molar-refractivity contribution >= 4 is 27.7 Å². The third-order valence-electron chi connectivity index (χ3n) is 2.94. The van der Waals surface area contributed by atoms with Crippen LogP contribution >= 0.6 is 27.7 Å². The van der Waals surface area contributed by atoms with E-state index in [0.29, 0.717) is 6.04 Å². The Morgan fingerprint density at radius 1 is 1.41 bits per heavy atom. The zero-order chi connectivity index (χ0) is 12.7. The zero-order valence-electron chi connectivity index (χ0n) is 10.9. The van der Waals surface area contributed by atoms with Crippen LogP contribution in [0.3, 0.4) is 0 Å². The Bertz CT molecular complexity index is 330. The number of thioether (sulfide) groups is 1. The Hall–Kier alpha value is 0.01000. The van der Waals surface area contributed by atoms with E-state index in [2.05, 4.69) is 78.2 Å². The molecule has 1 N–H and O–H groups in total. The van der Waals surface area contributed by atoms with Gasteiger partial charge in [-0.15, -0.1) is 0 Å². The molecule has 0 bridgehead atoms. The molecule has 2 unspecified atom stereocenters. The largest absolute Gasteiger partial charge is 0.316 e. The summed E-state index contributed by atoms with van der Waals surface area (Å²) in [5.74, 6) is 1.18. The van der Waals surface area contributed by atoms with Gasteiger partial charge in [-0.25, -0.2) is 0 Å². The highest BCUT2D eigenvalue weighted by Crippen LogP contribution is 2.18. The number of nitrogens with one attached hydrogen (secondary N) is 1. The summed E-state index contributed by atoms with van der Waals surface area (Å²) in [7, 11) is 2.06. The summed E-state index contributed by atoms with van der Waals surface area (Å²) in [6, 6.07) is 9.14. The highest BCUT2D eigenvalue weighted by molar-refractivity contribution is 9.10. The van der Waals surface area contributed by atoms with Crippen molar-refractivity contribution in [1.82, 2.24) is 5.32 Å². The third kappa shape index (κ3) is 5.94. The van der Waals surface area contributed by atoms with Crippen LogP contribution in [-0.4, -0.2) is 24.1 Å². The van der Waals surface area contributed by atoms with Crippen LogP contribution in [0.1, 0.15) is 25.8 Å². The Morgan fingerprint density at radius 3 is 2.76 bits per heavy atom. The van der Waals surface area contributed by atoms with Crippen LogP contribution < -0.4 is 5.32 Å². The Morgan fingerprint density at radius 2 is 2.18 bits per heavy atom. The van der Waals surface area contributed by atoms with E-state index in [1.807, 2.05) is 0 Å². The van der Waals surface area contributed by atoms with Gasteiger partial charge in [0.05, 0.1) is 0 Å². The Kier molecular flexibility index (Phi) is 7.24. The maximum Gasteiger partial charge on any atom is 0.0195 e. The first-order chi connectivity index (χ1) is 8.15. The molecule has 0 amide bonds. The lowest BCUT2D eigenvalue weighted by Gasteiger charge is -2.18. The highest BCUT2D eigenvalue weighted by Gasteiger charge is 2.09. The summed E-state index contributed by atoms with van der Waals surface area (Å²) < 4.78 is 1.17. The molecule has 96 valence electrons. The average Bonchev–Trinajstić information content (AvgIpc) is 2.34. The third-order valence-corrected chi connectivity index (χ3v) is 4.93. The van der Waals surface area contributed by atoms with Crippen molar-refractivity contribution in [3.05, 3.63) is 34.3 Å². The lowest BCUT2D eigenvalue weighted by Crippen LogP contribution is -2.30. The van der Waals surface area contributed by atoms with Gasteiger partial charge >= 0.3 is 0 Å². The molecule has 17 heavy (non-hydrogen) atoms. The van der Waals surface area contributed by atoms with Gasteiger partial charge in [0.2, 0.25) is 0 Å². The van der Waals surface area contributed by atoms with Crippen LogP contribution in [0.15, 0.2) is 28.7 Å². The first-order valence-corrected chi connectivity index (χ1v) is 8.03. The maximum atomic E-state index is 3.52. The summed E-state index contributed by atoms with van der Waals surface area (Å²) >= 11 is 5.58. The molecule has 1 aromatic rings. The van der Waals surface area contributed by atoms with Crippen molar-refractivity contribution in [3.8, 4) is 0 Å². The molecule has 1 aromatic carbocycles. The molecule has 0 saturated carbocycles. The van der Waals surface area contributed by atoms with E-state index >= 15 is 0 Å². The van der Waals surface area contributed by atoms with Crippen LogP contribution in [0.2, 0.25) is 0 Å². The summed E-state index contributed by atoms with van der Waals surface area (Å²) in [6.45, 7) is 4.55. The molecular weight excluding hydrogens is 294 g/mol. The van der Waals surface area contributed by atoms with Crippen LogP contribution in [0.25, 0.3) is 0 Å². The van der Waals surface area contributed by atoms with E-state index in [4.69, 9.17) is 0 Å². The predicted octanol–water partition coefficient (Wildman–Crippen LogP) is 4.11. The number of hydrogen-bond donors (Lipinski definition) is 1. The van der Waals surface area contributed by atoms with E-state index in [9.17, 15) is 0 Å². The molecule has 1 nitrogen and oxygen atoms in total. The quantitative estimate of drug-likeness (QED) is 0.812. The lowest BCUT2D eigenvalue weighted by atomic mass is 10.1. The normalized spacial score (nSPS) is 14.6. The fourth-order valence-corrected chi connectivity index (χ4v) is 3.12. The Balaban J connectivity index is 2.46. The van der Waals surface area contributed by atoms with Gasteiger partial charge < -0.3 is 5.32 Å². The second kappa shape index (κ2) is 8.17. The first-order valence-electron chi connectivity index (χ1n) is 6.19. The van der Waals surface area contributed by atoms with E-state index in [-0.39, 0.29) is 0 Å². The maximum absolute atomic E-state index is 3.52. The molecule has 1 rings (SSSR count). The number of likely N-dealkylation sites (N-methyl/N-ethyl adjacent to an activating group) is 1. The topological polar surface area (TPSA) is 12.0 Å². The molecule has 0 aliphatic heterocycles. The first kappa shape index (κ1) is 15.1. The van der Waals surface area contributed by atoms with Crippen LogP contribution in [0, 0.1) is 0 Å². The summed E-state index contributed by atoms with van der Waals surface area (Å²) in [5.41, 5.74) is 1.39. The van der Waals surface area contributed by atoms with Crippen LogP contribution in [-0.2, 0) is 6.42 Å². The van der Waals surface area contributed by atoms with E-state index in [1.165, 1.54) is 22.2 Å². The fourth-order valence-electron chi connectivity index (χ4n) is 1.59. The van der Waals surface area contributed by atoms with E-state index in [0.717, 1.165) is 11.7 Å². The molecule has 2 atom stereocenters. The van der Waals surface area contributed by atoms with Gasteiger partial charge in [0.1, 0.15) is 0 Å². The molecule has 0 aliphatic carbocycles. The highest BCUT2D eigenvalue weighted by atomic mass is 79.9. The SMILES string of the molecule is CCC(C)SCC(Cc1cccc(Br)c1)NC. The fraction of sp³-hybridized carbons (Fsp3) is 0.571. The number of halogens is 1. The minimum atomic E-state index is 0.559. The monoisotopic (exact) mass is 315 g/mol. The molecule has 0 heterocycles. The van der Waals surface area contributed by atoms with Gasteiger partial charge in [-0.1, -0.05) is 41.9 Å². The smallest absolute Gasteiger partial charge is 0.0195 e. The number of benzene rings is 1. The minimum absolute atomic E-state index is 0.559. The van der Waals surface area contributed by atoms with Gasteiger partial charge in [-0.2, -0.15) is 11.8 Å². The summed E-state index contributed by atoms with van der Waals surface area (Å²) in [5, 5.41) is 4.17. The van der Waals surface area contributed by atoms with Crippen molar-refractivity contribution in [2.75, 3.05) is 12.8 Å². The minimum Gasteiger partial charge on any atom is -0.316 e. The van der Waals surface area contributed by atoms with Crippen molar-refractivity contribution < 1.29 is 0 Å². The van der Waals surface area contributed by atoms with Crippen molar-refractivity contribution in [3.63, 3.8) is 0 Å². The lowest BCUT2D eigenvalue weighted by molar-refractivity contribution is 0.616. The van der Waals surface area contributed by atoms with Crippen LogP contribution in [0.5, 0.6) is 0 Å². The van der Waals surface area contributed by atoms with E-state index in [1.54, 1.807) is 0 Å². The average molecular weight is 316 g/mol. The zero-order valence-corrected chi connectivity index (χ0v) is 13.3. The van der Waals surface area contributed by atoms with Crippen molar-refractivity contribution in [1.29, 1.82) is 0 Å². The van der Waals surface area contributed by atoms with Gasteiger partial charge in [-0.05, 0) is 37.6 Å². The molecule has 0 fully saturated rings. The Labute approximate surface area is 118 Å². The van der Waals surface area contributed by atoms with Gasteiger partial charge in [0.25, 0.3) is 0 Å². The molecule has 3 heteroatoms. The van der Waals surface area contributed by atoms with Crippen molar-refractivity contribution in [2.24, 2.45) is 0 Å². The predicted molar refractivity (Wildman–Crippen MR) is 82.9 cm³/mol. The van der Waals surface area contributed by atoms with Gasteiger partial charge in [0, 0.05) is 21.5 Å². The molecule has 0 saturated heterocycles. The molecule has 0 radical (unpaired) electrons. The van der Waals surface area contributed by atoms with Crippen LogP contribution in [0.4, 0.5) is 0 Å². The van der Waals surface area contributed by atoms with E-state index < -0.39 is 0 Å². The summed E-state index contributed by atoms with van der Waals surface area (Å²) in [6.07, 6.45) is 2.34. The molecule has 0 aromatic heterocycles. The van der Waals surface area contributed by atoms with Gasteiger partial charge in [-0.3, -0.25) is 0 Å². The standard InChI is InChI=1S/C14H22BrNS/c1-4-11(2)17-10-14(16-3)9-12-6-5-7-13(15)8-12/h5-8,11,14,16H,4,9-10H2,1-3H3. The molecular formula is C14H22BrNS. The second-order valence-electron chi connectivity index (χ2n) is 4.37. The van der Waals surface area contributed by atoms with Gasteiger partial charge in [0.15, 0.2) is 0 Å². The second-order valence-corrected chi connectivity index (χ2v) is 6.76. The number of hydrogen-bond acceptors (Lipinski definition) is 2. The molecule has 0 aliphatic rings.